The van der Waals surface area contributed by atoms with Crippen molar-refractivity contribution in [3.05, 3.63) is 29.8 Å². The molecule has 1 heterocycles. The van der Waals surface area contributed by atoms with Crippen molar-refractivity contribution in [2.45, 2.75) is 44.6 Å². The van der Waals surface area contributed by atoms with E-state index in [1.165, 1.54) is 6.42 Å². The van der Waals surface area contributed by atoms with Gasteiger partial charge in [0.15, 0.2) is 0 Å². The predicted molar refractivity (Wildman–Crippen MR) is 81.0 cm³/mol. The lowest BCUT2D eigenvalue weighted by Crippen LogP contribution is -2.46. The summed E-state index contributed by atoms with van der Waals surface area (Å²) in [6.45, 7) is 0.568. The van der Waals surface area contributed by atoms with Crippen LogP contribution in [0.5, 0.6) is 0 Å². The van der Waals surface area contributed by atoms with Crippen LogP contribution in [0.4, 0.5) is 5.69 Å². The SMILES string of the molecule is CN(C1CCCCC1)S(=O)(=O)N1CCc2ccccc21. The molecule has 1 aromatic carbocycles. The number of fused-ring (bicyclic) bond motifs is 1. The molecule has 0 radical (unpaired) electrons. The Morgan fingerprint density at radius 2 is 1.85 bits per heavy atom. The second-order valence-electron chi connectivity index (χ2n) is 5.77. The van der Waals surface area contributed by atoms with Gasteiger partial charge in [-0.2, -0.15) is 12.7 Å². The van der Waals surface area contributed by atoms with E-state index in [0.29, 0.717) is 6.54 Å². The third-order valence-electron chi connectivity index (χ3n) is 4.58. The average Bonchev–Trinajstić information content (AvgIpc) is 2.92. The van der Waals surface area contributed by atoms with Crippen LogP contribution in [0, 0.1) is 0 Å². The highest BCUT2D eigenvalue weighted by molar-refractivity contribution is 7.90. The van der Waals surface area contributed by atoms with Crippen molar-refractivity contribution < 1.29 is 8.42 Å². The van der Waals surface area contributed by atoms with Crippen LogP contribution < -0.4 is 4.31 Å². The molecule has 0 saturated heterocycles. The summed E-state index contributed by atoms with van der Waals surface area (Å²) < 4.78 is 28.9. The Hall–Kier alpha value is -1.07. The summed E-state index contributed by atoms with van der Waals surface area (Å²) in [6.07, 6.45) is 6.31. The third kappa shape index (κ3) is 2.33. The Labute approximate surface area is 121 Å². The molecule has 1 aliphatic carbocycles. The van der Waals surface area contributed by atoms with Gasteiger partial charge in [-0.1, -0.05) is 37.5 Å². The zero-order valence-electron chi connectivity index (χ0n) is 12.0. The maximum Gasteiger partial charge on any atom is 0.304 e. The lowest BCUT2D eigenvalue weighted by atomic mass is 9.96. The number of anilines is 1. The fraction of sp³-hybridized carbons (Fsp3) is 0.600. The van der Waals surface area contributed by atoms with Gasteiger partial charge >= 0.3 is 10.2 Å². The maximum absolute atomic E-state index is 12.8. The Bertz CT molecular complexity index is 579. The van der Waals surface area contributed by atoms with Crippen molar-refractivity contribution in [1.29, 1.82) is 0 Å². The molecule has 1 fully saturated rings. The van der Waals surface area contributed by atoms with Crippen molar-refractivity contribution in [3.8, 4) is 0 Å². The van der Waals surface area contributed by atoms with Gasteiger partial charge in [-0.15, -0.1) is 0 Å². The van der Waals surface area contributed by atoms with Gasteiger partial charge in [-0.05, 0) is 30.9 Å². The summed E-state index contributed by atoms with van der Waals surface area (Å²) in [6, 6.07) is 7.98. The van der Waals surface area contributed by atoms with Crippen molar-refractivity contribution in [2.75, 3.05) is 17.9 Å². The van der Waals surface area contributed by atoms with E-state index in [2.05, 4.69) is 0 Å². The number of rotatable bonds is 3. The first kappa shape index (κ1) is 13.9. The number of nitrogens with zero attached hydrogens (tertiary/aromatic N) is 2. The van der Waals surface area contributed by atoms with Crippen LogP contribution >= 0.6 is 0 Å². The Morgan fingerprint density at radius 1 is 1.15 bits per heavy atom. The molecule has 110 valence electrons. The van der Waals surface area contributed by atoms with Gasteiger partial charge in [-0.25, -0.2) is 0 Å². The van der Waals surface area contributed by atoms with Gasteiger partial charge in [0.05, 0.1) is 5.69 Å². The molecule has 4 nitrogen and oxygen atoms in total. The maximum atomic E-state index is 12.8. The van der Waals surface area contributed by atoms with E-state index < -0.39 is 10.2 Å². The van der Waals surface area contributed by atoms with Gasteiger partial charge in [-0.3, -0.25) is 4.31 Å². The van der Waals surface area contributed by atoms with Crippen molar-refractivity contribution in [2.24, 2.45) is 0 Å². The molecule has 1 aromatic rings. The minimum absolute atomic E-state index is 0.168. The van der Waals surface area contributed by atoms with Crippen LogP contribution in [0.15, 0.2) is 24.3 Å². The van der Waals surface area contributed by atoms with Gasteiger partial charge < -0.3 is 0 Å². The zero-order chi connectivity index (χ0) is 14.2. The highest BCUT2D eigenvalue weighted by atomic mass is 32.2. The van der Waals surface area contributed by atoms with E-state index in [9.17, 15) is 8.42 Å². The van der Waals surface area contributed by atoms with E-state index >= 15 is 0 Å². The van der Waals surface area contributed by atoms with E-state index in [4.69, 9.17) is 0 Å². The molecule has 0 bridgehead atoms. The Kier molecular flexibility index (Phi) is 3.73. The van der Waals surface area contributed by atoms with Crippen molar-refractivity contribution in [1.82, 2.24) is 4.31 Å². The number of benzene rings is 1. The topological polar surface area (TPSA) is 40.6 Å². The molecule has 0 unspecified atom stereocenters. The fourth-order valence-corrected chi connectivity index (χ4v) is 4.98. The predicted octanol–water partition coefficient (Wildman–Crippen LogP) is 2.56. The van der Waals surface area contributed by atoms with Crippen LogP contribution in [0.1, 0.15) is 37.7 Å². The van der Waals surface area contributed by atoms with E-state index in [-0.39, 0.29) is 6.04 Å². The van der Waals surface area contributed by atoms with E-state index in [1.54, 1.807) is 15.7 Å². The molecule has 0 aromatic heterocycles. The summed E-state index contributed by atoms with van der Waals surface area (Å²) in [5, 5.41) is 0. The lowest BCUT2D eigenvalue weighted by molar-refractivity contribution is 0.285. The second kappa shape index (κ2) is 5.37. The summed E-state index contributed by atoms with van der Waals surface area (Å²) in [4.78, 5) is 0. The molecule has 0 amide bonds. The molecular formula is C15H22N2O2S. The fourth-order valence-electron chi connectivity index (χ4n) is 3.34. The first-order chi connectivity index (χ1) is 9.60. The highest BCUT2D eigenvalue weighted by Crippen LogP contribution is 2.33. The van der Waals surface area contributed by atoms with Crippen molar-refractivity contribution >= 4 is 15.9 Å². The largest absolute Gasteiger partial charge is 0.304 e. The Morgan fingerprint density at radius 3 is 2.60 bits per heavy atom. The standard InChI is InChI=1S/C15H22N2O2S/c1-16(14-8-3-2-4-9-14)20(18,19)17-12-11-13-7-5-6-10-15(13)17/h5-7,10,14H,2-4,8-9,11-12H2,1H3. The van der Waals surface area contributed by atoms with E-state index in [1.807, 2.05) is 24.3 Å². The lowest BCUT2D eigenvalue weighted by Gasteiger charge is -2.34. The monoisotopic (exact) mass is 294 g/mol. The molecule has 3 rings (SSSR count). The Balaban J connectivity index is 1.85. The summed E-state index contributed by atoms with van der Waals surface area (Å²) >= 11 is 0. The summed E-state index contributed by atoms with van der Waals surface area (Å²) in [5.74, 6) is 0. The van der Waals surface area contributed by atoms with Gasteiger partial charge in [0.25, 0.3) is 0 Å². The highest BCUT2D eigenvalue weighted by Gasteiger charge is 2.35. The molecule has 20 heavy (non-hydrogen) atoms. The molecule has 0 atom stereocenters. The third-order valence-corrected chi connectivity index (χ3v) is 6.54. The van der Waals surface area contributed by atoms with Gasteiger partial charge in [0.1, 0.15) is 0 Å². The zero-order valence-corrected chi connectivity index (χ0v) is 12.8. The van der Waals surface area contributed by atoms with Crippen LogP contribution in [-0.4, -0.2) is 32.4 Å². The first-order valence-electron chi connectivity index (χ1n) is 7.44. The number of hydrogen-bond donors (Lipinski definition) is 0. The van der Waals surface area contributed by atoms with Crippen LogP contribution in [0.2, 0.25) is 0 Å². The average molecular weight is 294 g/mol. The molecule has 1 saturated carbocycles. The van der Waals surface area contributed by atoms with Gasteiger partial charge in [0.2, 0.25) is 0 Å². The smallest absolute Gasteiger partial charge is 0.257 e. The minimum Gasteiger partial charge on any atom is -0.257 e. The van der Waals surface area contributed by atoms with Crippen molar-refractivity contribution in [3.63, 3.8) is 0 Å². The molecule has 5 heteroatoms. The van der Waals surface area contributed by atoms with Crippen LogP contribution in [0.25, 0.3) is 0 Å². The van der Waals surface area contributed by atoms with Gasteiger partial charge in [0, 0.05) is 19.6 Å². The van der Waals surface area contributed by atoms with Crippen LogP contribution in [0.3, 0.4) is 0 Å². The minimum atomic E-state index is -3.39. The number of para-hydroxylation sites is 1. The molecule has 1 aliphatic heterocycles. The molecule has 2 aliphatic rings. The quantitative estimate of drug-likeness (QED) is 0.859. The second-order valence-corrected chi connectivity index (χ2v) is 7.68. The molecule has 0 N–H and O–H groups in total. The summed E-state index contributed by atoms with van der Waals surface area (Å²) in [7, 11) is -1.64. The number of hydrogen-bond acceptors (Lipinski definition) is 2. The van der Waals surface area contributed by atoms with E-state index in [0.717, 1.165) is 43.4 Å². The molecular weight excluding hydrogens is 272 g/mol. The van der Waals surface area contributed by atoms with Crippen LogP contribution in [-0.2, 0) is 16.6 Å². The normalized spacial score (nSPS) is 20.4. The molecule has 0 spiro atoms. The summed E-state index contributed by atoms with van der Waals surface area (Å²) in [5.41, 5.74) is 1.99. The first-order valence-corrected chi connectivity index (χ1v) is 8.84.